The van der Waals surface area contributed by atoms with Gasteiger partial charge in [0.05, 0.1) is 21.8 Å². The van der Waals surface area contributed by atoms with Gasteiger partial charge in [0.2, 0.25) is 6.29 Å². The minimum atomic E-state index is -1.76. The first-order chi connectivity index (χ1) is 17.7. The van der Waals surface area contributed by atoms with E-state index in [1.54, 1.807) is 74.4 Å². The molecule has 1 aromatic carbocycles. The van der Waals surface area contributed by atoms with Gasteiger partial charge in [-0.1, -0.05) is 17.7 Å². The quantitative estimate of drug-likeness (QED) is 0.393. The van der Waals surface area contributed by atoms with Gasteiger partial charge < -0.3 is 28.8 Å². The standard InChI is InChI=1S/C28H39ClO10/c1-26(2,3)23(32)35-14-17-19(37-24(33)27(4,5)6)20(38-25(34)28(7,8)9)18(30)22(36-17)39-21(31)15-11-10-12-16(29)13-15/h10-13,17-20,22,30H,14H2,1-9H3/t17-,18-,19-,20-,22?/m1/s1. The van der Waals surface area contributed by atoms with Gasteiger partial charge in [-0.3, -0.25) is 14.4 Å². The summed E-state index contributed by atoms with van der Waals surface area (Å²) in [6, 6.07) is 5.94. The number of hydrogen-bond donors (Lipinski definition) is 1. The third-order valence-corrected chi connectivity index (χ3v) is 5.84. The molecule has 10 nitrogen and oxygen atoms in total. The molecule has 1 fully saturated rings. The zero-order valence-corrected chi connectivity index (χ0v) is 24.7. The third-order valence-electron chi connectivity index (χ3n) is 5.60. The first-order valence-electron chi connectivity index (χ1n) is 12.6. The van der Waals surface area contributed by atoms with E-state index >= 15 is 0 Å². The van der Waals surface area contributed by atoms with Gasteiger partial charge in [-0.15, -0.1) is 0 Å². The molecule has 0 bridgehead atoms. The molecule has 0 spiro atoms. The molecule has 0 radical (unpaired) electrons. The monoisotopic (exact) mass is 570 g/mol. The Morgan fingerprint density at radius 3 is 1.82 bits per heavy atom. The Hall–Kier alpha value is -2.69. The minimum absolute atomic E-state index is 0.0820. The van der Waals surface area contributed by atoms with E-state index in [1.165, 1.54) is 12.1 Å². The lowest BCUT2D eigenvalue weighted by Gasteiger charge is -2.43. The molecule has 0 amide bonds. The van der Waals surface area contributed by atoms with Crippen LogP contribution in [0.2, 0.25) is 5.02 Å². The highest BCUT2D eigenvalue weighted by molar-refractivity contribution is 6.30. The minimum Gasteiger partial charge on any atom is -0.462 e. The number of aliphatic hydroxyl groups is 1. The highest BCUT2D eigenvalue weighted by Gasteiger charge is 2.53. The molecule has 1 aliphatic rings. The van der Waals surface area contributed by atoms with Crippen LogP contribution < -0.4 is 0 Å². The van der Waals surface area contributed by atoms with Gasteiger partial charge in [0.25, 0.3) is 0 Å². The molecule has 39 heavy (non-hydrogen) atoms. The molecule has 1 saturated heterocycles. The van der Waals surface area contributed by atoms with E-state index in [0.717, 1.165) is 0 Å². The molecular formula is C28H39ClO10. The molecule has 1 unspecified atom stereocenters. The van der Waals surface area contributed by atoms with Crippen LogP contribution in [0.25, 0.3) is 0 Å². The average Bonchev–Trinajstić information content (AvgIpc) is 2.79. The fourth-order valence-electron chi connectivity index (χ4n) is 3.17. The summed E-state index contributed by atoms with van der Waals surface area (Å²) in [6.45, 7) is 14.2. The maximum absolute atomic E-state index is 12.9. The first kappa shape index (κ1) is 32.5. The Kier molecular flexibility index (Phi) is 10.2. The van der Waals surface area contributed by atoms with Gasteiger partial charge in [-0.05, 0) is 80.5 Å². The Labute approximate surface area is 234 Å². The summed E-state index contributed by atoms with van der Waals surface area (Å²) in [5.41, 5.74) is -2.73. The van der Waals surface area contributed by atoms with Gasteiger partial charge in [-0.25, -0.2) is 4.79 Å². The van der Waals surface area contributed by atoms with Crippen LogP contribution in [-0.4, -0.2) is 66.3 Å². The molecule has 0 saturated carbocycles. The van der Waals surface area contributed by atoms with E-state index in [-0.39, 0.29) is 10.6 Å². The first-order valence-corrected chi connectivity index (χ1v) is 13.0. The molecule has 1 aliphatic heterocycles. The number of ether oxygens (including phenoxy) is 5. The van der Waals surface area contributed by atoms with Gasteiger partial charge >= 0.3 is 23.9 Å². The predicted octanol–water partition coefficient (Wildman–Crippen LogP) is 4.09. The normalized spacial score (nSPS) is 23.9. The van der Waals surface area contributed by atoms with Crippen molar-refractivity contribution in [3.63, 3.8) is 0 Å². The van der Waals surface area contributed by atoms with Crippen LogP contribution in [0.1, 0.15) is 72.7 Å². The van der Waals surface area contributed by atoms with Crippen LogP contribution in [0.15, 0.2) is 24.3 Å². The maximum Gasteiger partial charge on any atom is 0.340 e. The molecule has 0 aromatic heterocycles. The van der Waals surface area contributed by atoms with Crippen LogP contribution in [0.5, 0.6) is 0 Å². The topological polar surface area (TPSA) is 135 Å². The molecule has 0 aliphatic carbocycles. The number of hydrogen-bond acceptors (Lipinski definition) is 10. The predicted molar refractivity (Wildman–Crippen MR) is 141 cm³/mol. The van der Waals surface area contributed by atoms with Crippen molar-refractivity contribution in [1.82, 2.24) is 0 Å². The number of carbonyl (C=O) groups excluding carboxylic acids is 4. The summed E-state index contributed by atoms with van der Waals surface area (Å²) in [4.78, 5) is 51.1. The van der Waals surface area contributed by atoms with Crippen molar-refractivity contribution in [3.05, 3.63) is 34.9 Å². The van der Waals surface area contributed by atoms with Crippen molar-refractivity contribution in [2.24, 2.45) is 16.2 Å². The fourth-order valence-corrected chi connectivity index (χ4v) is 3.36. The van der Waals surface area contributed by atoms with E-state index in [0.29, 0.717) is 0 Å². The van der Waals surface area contributed by atoms with Gasteiger partial charge in [0.1, 0.15) is 12.7 Å². The number of rotatable bonds is 6. The fraction of sp³-hybridized carbons (Fsp3) is 0.643. The molecule has 1 N–H and O–H groups in total. The van der Waals surface area contributed by atoms with Crippen LogP contribution in [-0.2, 0) is 38.1 Å². The molecule has 5 atom stereocenters. The zero-order valence-electron chi connectivity index (χ0n) is 23.9. The van der Waals surface area contributed by atoms with E-state index in [1.807, 2.05) is 0 Å². The second kappa shape index (κ2) is 12.2. The van der Waals surface area contributed by atoms with Crippen molar-refractivity contribution >= 4 is 35.5 Å². The number of benzene rings is 1. The third kappa shape index (κ3) is 8.91. The second-order valence-corrected chi connectivity index (χ2v) is 13.0. The number of halogens is 1. The summed E-state index contributed by atoms with van der Waals surface area (Å²) < 4.78 is 28.0. The van der Waals surface area contributed by atoms with E-state index in [2.05, 4.69) is 0 Å². The van der Waals surface area contributed by atoms with E-state index < -0.39 is 77.4 Å². The highest BCUT2D eigenvalue weighted by atomic mass is 35.5. The van der Waals surface area contributed by atoms with Gasteiger partial charge in [-0.2, -0.15) is 0 Å². The van der Waals surface area contributed by atoms with E-state index in [9.17, 15) is 24.3 Å². The van der Waals surface area contributed by atoms with Crippen molar-refractivity contribution in [3.8, 4) is 0 Å². The maximum atomic E-state index is 12.9. The molecular weight excluding hydrogens is 532 g/mol. The van der Waals surface area contributed by atoms with Crippen LogP contribution >= 0.6 is 11.6 Å². The largest absolute Gasteiger partial charge is 0.462 e. The van der Waals surface area contributed by atoms with E-state index in [4.69, 9.17) is 35.3 Å². The Bertz CT molecular complexity index is 1060. The van der Waals surface area contributed by atoms with Crippen molar-refractivity contribution in [2.75, 3.05) is 6.61 Å². The summed E-state index contributed by atoms with van der Waals surface area (Å²) in [5, 5.41) is 11.5. The second-order valence-electron chi connectivity index (χ2n) is 12.5. The Balaban J connectivity index is 2.47. The molecule has 1 aromatic rings. The molecule has 1 heterocycles. The summed E-state index contributed by atoms with van der Waals surface area (Å²) in [6.07, 6.45) is -7.61. The molecule has 2 rings (SSSR count). The number of carbonyl (C=O) groups is 4. The lowest BCUT2D eigenvalue weighted by atomic mass is 9.93. The van der Waals surface area contributed by atoms with Gasteiger partial charge in [0, 0.05) is 5.02 Å². The van der Waals surface area contributed by atoms with Gasteiger partial charge in [0.15, 0.2) is 18.3 Å². The number of esters is 4. The average molecular weight is 571 g/mol. The summed E-state index contributed by atoms with van der Waals surface area (Å²) in [7, 11) is 0. The zero-order chi connectivity index (χ0) is 29.9. The lowest BCUT2D eigenvalue weighted by molar-refractivity contribution is -0.295. The lowest BCUT2D eigenvalue weighted by Crippen LogP contribution is -2.63. The van der Waals surface area contributed by atoms with Crippen LogP contribution in [0.4, 0.5) is 0 Å². The number of aliphatic hydroxyl groups excluding tert-OH is 1. The van der Waals surface area contributed by atoms with Crippen molar-refractivity contribution in [2.45, 2.75) is 93.0 Å². The molecule has 218 valence electrons. The smallest absolute Gasteiger partial charge is 0.340 e. The molecule has 11 heteroatoms. The highest BCUT2D eigenvalue weighted by Crippen LogP contribution is 2.32. The SMILES string of the molecule is CC(C)(C)C(=O)OC[C@H]1OC(OC(=O)c2cccc(Cl)c2)[C@H](O)[C@@H](OC(=O)C(C)(C)C)[C@@H]1OC(=O)C(C)(C)C. The summed E-state index contributed by atoms with van der Waals surface area (Å²) >= 11 is 5.98. The van der Waals surface area contributed by atoms with Crippen molar-refractivity contribution in [1.29, 1.82) is 0 Å². The van der Waals surface area contributed by atoms with Crippen LogP contribution in [0.3, 0.4) is 0 Å². The Morgan fingerprint density at radius 2 is 1.33 bits per heavy atom. The van der Waals surface area contributed by atoms with Crippen LogP contribution in [0, 0.1) is 16.2 Å². The summed E-state index contributed by atoms with van der Waals surface area (Å²) in [5.74, 6) is -2.84. The Morgan fingerprint density at radius 1 is 0.821 bits per heavy atom. The van der Waals surface area contributed by atoms with Crippen molar-refractivity contribution < 1.29 is 48.0 Å².